The van der Waals surface area contributed by atoms with Crippen molar-refractivity contribution in [3.63, 3.8) is 0 Å². The fourth-order valence-electron chi connectivity index (χ4n) is 8.91. The molecule has 1 saturated carbocycles. The second-order valence-corrected chi connectivity index (χ2v) is 13.6. The van der Waals surface area contributed by atoms with Crippen molar-refractivity contribution in [1.82, 2.24) is 0 Å². The molecule has 2 aliphatic heterocycles. The molecule has 0 aromatic heterocycles. The maximum absolute atomic E-state index is 15.2. The van der Waals surface area contributed by atoms with Crippen LogP contribution in [0.15, 0.2) is 109 Å². The van der Waals surface area contributed by atoms with E-state index < -0.39 is 70.4 Å². The predicted molar refractivity (Wildman–Crippen MR) is 182 cm³/mol. The summed E-state index contributed by atoms with van der Waals surface area (Å²) in [7, 11) is 0. The molecule has 2 saturated heterocycles. The Labute approximate surface area is 290 Å². The van der Waals surface area contributed by atoms with E-state index in [1.54, 1.807) is 66.7 Å². The predicted octanol–water partition coefficient (Wildman–Crippen LogP) is 5.82. The second-order valence-electron chi connectivity index (χ2n) is 13.2. The number of fused-ring (bicyclic) bond motifs is 4. The van der Waals surface area contributed by atoms with Gasteiger partial charge in [-0.3, -0.25) is 19.2 Å². The summed E-state index contributed by atoms with van der Waals surface area (Å²) in [5, 5.41) is 31.6. The summed E-state index contributed by atoms with van der Waals surface area (Å²) in [6, 6.07) is 25.7. The highest BCUT2D eigenvalue weighted by Crippen LogP contribution is 2.65. The number of hydrogen-bond donors (Lipinski definition) is 3. The molecule has 0 spiro atoms. The molecule has 4 aliphatic rings. The highest BCUT2D eigenvalue weighted by Gasteiger charge is 2.70. The molecule has 4 amide bonds. The number of imide groups is 2. The van der Waals surface area contributed by atoms with Crippen LogP contribution in [0.4, 0.5) is 11.4 Å². The van der Waals surface area contributed by atoms with Crippen LogP contribution in [0.3, 0.4) is 0 Å². The summed E-state index contributed by atoms with van der Waals surface area (Å²) in [5.41, 5.74) is 0.0837. The molecule has 3 fully saturated rings. The lowest BCUT2D eigenvalue weighted by molar-refractivity contribution is -0.127. The number of phenolic OH excluding ortho intramolecular Hbond substituents is 1. The van der Waals surface area contributed by atoms with Crippen molar-refractivity contribution < 1.29 is 39.3 Å². The topological polar surface area (TPSA) is 153 Å². The molecule has 2 aliphatic carbocycles. The Morgan fingerprint density at radius 1 is 0.740 bits per heavy atom. The van der Waals surface area contributed by atoms with Gasteiger partial charge in [-0.15, -0.1) is 0 Å². The number of benzene rings is 4. The normalized spacial score (nSPS) is 27.1. The van der Waals surface area contributed by atoms with Crippen molar-refractivity contribution in [2.75, 3.05) is 9.80 Å². The van der Waals surface area contributed by atoms with Crippen molar-refractivity contribution in [2.45, 2.75) is 24.2 Å². The lowest BCUT2D eigenvalue weighted by Gasteiger charge is -2.50. The lowest BCUT2D eigenvalue weighted by Crippen LogP contribution is -2.53. The highest BCUT2D eigenvalue weighted by atomic mass is 35.5. The van der Waals surface area contributed by atoms with Crippen molar-refractivity contribution in [3.05, 3.63) is 130 Å². The molecule has 6 atom stereocenters. The molecule has 0 radical (unpaired) electrons. The zero-order valence-corrected chi connectivity index (χ0v) is 27.0. The summed E-state index contributed by atoms with van der Waals surface area (Å²) >= 11 is 6.35. The number of nitrogens with zero attached hydrogens (tertiary/aromatic N) is 2. The number of halogens is 1. The third-order valence-electron chi connectivity index (χ3n) is 10.9. The number of phenols is 2. The van der Waals surface area contributed by atoms with E-state index in [1.807, 2.05) is 12.1 Å². The van der Waals surface area contributed by atoms with E-state index >= 15 is 4.79 Å². The van der Waals surface area contributed by atoms with E-state index in [4.69, 9.17) is 11.6 Å². The van der Waals surface area contributed by atoms with Crippen molar-refractivity contribution in [2.24, 2.45) is 23.7 Å². The molecule has 2 heterocycles. The van der Waals surface area contributed by atoms with Crippen LogP contribution in [0, 0.1) is 23.7 Å². The van der Waals surface area contributed by atoms with Crippen LogP contribution in [0.1, 0.15) is 40.2 Å². The Morgan fingerprint density at radius 3 is 2.16 bits per heavy atom. The van der Waals surface area contributed by atoms with Gasteiger partial charge < -0.3 is 15.3 Å². The Morgan fingerprint density at radius 2 is 1.46 bits per heavy atom. The average Bonchev–Trinajstić information content (AvgIpc) is 3.49. The zero-order chi connectivity index (χ0) is 35.1. The largest absolute Gasteiger partial charge is 0.508 e. The molecule has 250 valence electrons. The minimum absolute atomic E-state index is 0.0318. The van der Waals surface area contributed by atoms with Crippen LogP contribution in [-0.2, 0) is 24.6 Å². The van der Waals surface area contributed by atoms with Gasteiger partial charge in [-0.25, -0.2) is 14.6 Å². The van der Waals surface area contributed by atoms with Gasteiger partial charge in [-0.05, 0) is 60.7 Å². The van der Waals surface area contributed by atoms with Crippen LogP contribution in [0.25, 0.3) is 0 Å². The van der Waals surface area contributed by atoms with Gasteiger partial charge >= 0.3 is 5.97 Å². The quantitative estimate of drug-likeness (QED) is 0.175. The fraction of sp³-hybridized carbons (Fsp3) is 0.205. The second kappa shape index (κ2) is 11.4. The number of aromatic carboxylic acids is 1. The molecule has 10 nitrogen and oxygen atoms in total. The number of para-hydroxylation sites is 1. The van der Waals surface area contributed by atoms with Crippen LogP contribution in [-0.4, -0.2) is 44.9 Å². The standard InChI is InChI=1S/C39H29ClN2O8/c40-21-9-6-10-22(17-21)42-35(46)29-19-28-24(33(25-11-4-5-12-30(25)43)39(29,38(42)50)20-7-2-1-3-8-20)15-16-27-32(28)36(47)41(34(27)45)23-13-14-26(37(48)49)31(44)18-23/h1-15,17-18,27-29,32-33,43-44H,16,19H2,(H,48,49)/t27-,28+,29-,32-,33+,39+/m0/s1. The van der Waals surface area contributed by atoms with E-state index in [9.17, 15) is 34.5 Å². The number of carboxylic acids is 1. The maximum Gasteiger partial charge on any atom is 0.339 e. The number of carbonyl (C=O) groups excluding carboxylic acids is 4. The SMILES string of the molecule is O=C(O)c1ccc(N2C(=O)[C@H]3[C@H](CC=C4[C@H]3C[C@H]3C(=O)N(c5cccc(Cl)c5)C(=O)[C@@]3(c3ccccc3)[C@H]4c3ccccc3O)C2=O)cc1O. The molecule has 0 bridgehead atoms. The third-order valence-corrected chi connectivity index (χ3v) is 11.1. The van der Waals surface area contributed by atoms with E-state index in [-0.39, 0.29) is 29.8 Å². The summed E-state index contributed by atoms with van der Waals surface area (Å²) in [4.78, 5) is 72.0. The minimum Gasteiger partial charge on any atom is -0.508 e. The Kier molecular flexibility index (Phi) is 7.20. The Hall–Kier alpha value is -5.74. The number of carbonyl (C=O) groups is 5. The molecule has 11 heteroatoms. The van der Waals surface area contributed by atoms with Crippen LogP contribution in [0.2, 0.25) is 5.02 Å². The van der Waals surface area contributed by atoms with Gasteiger partial charge in [-0.2, -0.15) is 0 Å². The number of allylic oxidation sites excluding steroid dienone is 2. The zero-order valence-electron chi connectivity index (χ0n) is 26.3. The summed E-state index contributed by atoms with van der Waals surface area (Å²) in [5.74, 6) is -8.36. The number of carboxylic acid groups (broad SMARTS) is 1. The van der Waals surface area contributed by atoms with Crippen molar-refractivity contribution in [1.29, 1.82) is 0 Å². The molecular formula is C39H29ClN2O8. The van der Waals surface area contributed by atoms with Gasteiger partial charge in [0.05, 0.1) is 34.5 Å². The smallest absolute Gasteiger partial charge is 0.339 e. The molecule has 0 unspecified atom stereocenters. The number of hydrogen-bond acceptors (Lipinski definition) is 7. The summed E-state index contributed by atoms with van der Waals surface area (Å²) < 4.78 is 0. The molecular weight excluding hydrogens is 660 g/mol. The maximum atomic E-state index is 15.2. The van der Waals surface area contributed by atoms with Gasteiger partial charge in [0, 0.05) is 22.6 Å². The van der Waals surface area contributed by atoms with Crippen LogP contribution >= 0.6 is 11.6 Å². The fourth-order valence-corrected chi connectivity index (χ4v) is 9.10. The number of anilines is 2. The van der Waals surface area contributed by atoms with Crippen molar-refractivity contribution >= 4 is 52.6 Å². The van der Waals surface area contributed by atoms with Crippen LogP contribution < -0.4 is 9.80 Å². The van der Waals surface area contributed by atoms with E-state index in [0.717, 1.165) is 21.9 Å². The monoisotopic (exact) mass is 688 g/mol. The summed E-state index contributed by atoms with van der Waals surface area (Å²) in [6.07, 6.45) is 2.09. The molecule has 3 N–H and O–H groups in total. The van der Waals surface area contributed by atoms with Gasteiger partial charge in [0.1, 0.15) is 17.1 Å². The van der Waals surface area contributed by atoms with Crippen molar-refractivity contribution in [3.8, 4) is 11.5 Å². The number of amides is 4. The highest BCUT2D eigenvalue weighted by molar-refractivity contribution is 6.32. The van der Waals surface area contributed by atoms with Crippen LogP contribution in [0.5, 0.6) is 11.5 Å². The number of aromatic hydroxyl groups is 2. The first-order valence-electron chi connectivity index (χ1n) is 16.2. The first-order chi connectivity index (χ1) is 24.0. The number of rotatable bonds is 5. The van der Waals surface area contributed by atoms with Gasteiger partial charge in [0.25, 0.3) is 0 Å². The van der Waals surface area contributed by atoms with Gasteiger partial charge in [-0.1, -0.05) is 77.8 Å². The average molecular weight is 689 g/mol. The molecule has 4 aromatic carbocycles. The summed E-state index contributed by atoms with van der Waals surface area (Å²) in [6.45, 7) is 0. The molecule has 8 rings (SSSR count). The Balaban J connectivity index is 1.32. The molecule has 4 aromatic rings. The van der Waals surface area contributed by atoms with Gasteiger partial charge in [0.15, 0.2) is 0 Å². The Bertz CT molecular complexity index is 2180. The lowest BCUT2D eigenvalue weighted by atomic mass is 9.49. The third kappa shape index (κ3) is 4.31. The minimum atomic E-state index is -1.53. The van der Waals surface area contributed by atoms with E-state index in [1.165, 1.54) is 12.1 Å². The molecule has 50 heavy (non-hydrogen) atoms. The van der Waals surface area contributed by atoms with E-state index in [2.05, 4.69) is 0 Å². The first kappa shape index (κ1) is 31.5. The van der Waals surface area contributed by atoms with E-state index in [0.29, 0.717) is 27.4 Å². The van der Waals surface area contributed by atoms with Gasteiger partial charge in [0.2, 0.25) is 23.6 Å². The first-order valence-corrected chi connectivity index (χ1v) is 16.5.